The molecule has 0 atom stereocenters. The van der Waals surface area contributed by atoms with E-state index in [-0.39, 0.29) is 5.15 Å². The number of ether oxygens (including phenoxy) is 1. The molecule has 1 heterocycles. The lowest BCUT2D eigenvalue weighted by molar-refractivity contribution is 0.0606. The van der Waals surface area contributed by atoms with Crippen LogP contribution in [0.25, 0.3) is 10.8 Å². The van der Waals surface area contributed by atoms with Crippen LogP contribution in [0.15, 0.2) is 51.7 Å². The van der Waals surface area contributed by atoms with Gasteiger partial charge in [-0.25, -0.2) is 9.78 Å². The summed E-state index contributed by atoms with van der Waals surface area (Å²) in [6.07, 6.45) is 0. The molecule has 1 aromatic heterocycles. The Hall–Kier alpha value is -1.56. The minimum atomic E-state index is -0.456. The van der Waals surface area contributed by atoms with Gasteiger partial charge in [0, 0.05) is 4.90 Å². The molecule has 106 valence electrons. The SMILES string of the molecule is COC(=O)c1sc(Sc2ccc3ccccc3c2)nc1Cl. The van der Waals surface area contributed by atoms with Crippen LogP contribution in [0.1, 0.15) is 9.67 Å². The molecule has 0 radical (unpaired) electrons. The van der Waals surface area contributed by atoms with Crippen LogP contribution in [0, 0.1) is 0 Å². The van der Waals surface area contributed by atoms with Crippen LogP contribution >= 0.6 is 34.7 Å². The summed E-state index contributed by atoms with van der Waals surface area (Å²) in [7, 11) is 1.33. The first-order valence-electron chi connectivity index (χ1n) is 6.08. The van der Waals surface area contributed by atoms with Gasteiger partial charge in [0.1, 0.15) is 0 Å². The molecule has 0 spiro atoms. The van der Waals surface area contributed by atoms with E-state index in [0.29, 0.717) is 4.88 Å². The average Bonchev–Trinajstić information content (AvgIpc) is 2.87. The van der Waals surface area contributed by atoms with Crippen molar-refractivity contribution in [1.29, 1.82) is 0 Å². The monoisotopic (exact) mass is 335 g/mol. The van der Waals surface area contributed by atoms with Crippen LogP contribution < -0.4 is 0 Å². The summed E-state index contributed by atoms with van der Waals surface area (Å²) >= 11 is 8.68. The summed E-state index contributed by atoms with van der Waals surface area (Å²) in [6, 6.07) is 14.3. The number of esters is 1. The summed E-state index contributed by atoms with van der Waals surface area (Å²) < 4.78 is 5.39. The molecule has 0 bridgehead atoms. The Morgan fingerprint density at radius 1 is 1.24 bits per heavy atom. The normalized spacial score (nSPS) is 10.8. The molecule has 3 rings (SSSR count). The molecule has 0 unspecified atom stereocenters. The van der Waals surface area contributed by atoms with E-state index < -0.39 is 5.97 Å². The van der Waals surface area contributed by atoms with Crippen molar-refractivity contribution in [2.24, 2.45) is 0 Å². The molecule has 2 aromatic carbocycles. The van der Waals surface area contributed by atoms with Crippen LogP contribution in [0.4, 0.5) is 0 Å². The first kappa shape index (κ1) is 14.4. The molecule has 0 aliphatic heterocycles. The predicted molar refractivity (Wildman–Crippen MR) is 86.5 cm³/mol. The number of halogens is 1. The van der Waals surface area contributed by atoms with E-state index >= 15 is 0 Å². The third-order valence-corrected chi connectivity index (χ3v) is 5.33. The van der Waals surface area contributed by atoms with Crippen molar-refractivity contribution in [2.45, 2.75) is 9.24 Å². The Morgan fingerprint density at radius 2 is 2.00 bits per heavy atom. The second kappa shape index (κ2) is 6.05. The van der Waals surface area contributed by atoms with E-state index in [2.05, 4.69) is 34.0 Å². The highest BCUT2D eigenvalue weighted by atomic mass is 35.5. The van der Waals surface area contributed by atoms with Gasteiger partial charge in [-0.15, -0.1) is 0 Å². The van der Waals surface area contributed by atoms with Crippen molar-refractivity contribution in [2.75, 3.05) is 7.11 Å². The molecule has 3 aromatic rings. The lowest BCUT2D eigenvalue weighted by Crippen LogP contribution is -1.98. The molecule has 3 nitrogen and oxygen atoms in total. The van der Waals surface area contributed by atoms with Gasteiger partial charge in [-0.05, 0) is 22.9 Å². The fraction of sp³-hybridized carbons (Fsp3) is 0.0667. The minimum Gasteiger partial charge on any atom is -0.465 e. The smallest absolute Gasteiger partial charge is 0.351 e. The second-order valence-electron chi connectivity index (χ2n) is 4.20. The quantitative estimate of drug-likeness (QED) is 0.639. The number of aromatic nitrogens is 1. The van der Waals surface area contributed by atoms with E-state index in [9.17, 15) is 4.79 Å². The minimum absolute atomic E-state index is 0.190. The van der Waals surface area contributed by atoms with Gasteiger partial charge in [0.15, 0.2) is 14.4 Å². The molecule has 21 heavy (non-hydrogen) atoms. The van der Waals surface area contributed by atoms with Crippen LogP contribution in [0.2, 0.25) is 5.15 Å². The lowest BCUT2D eigenvalue weighted by atomic mass is 10.1. The largest absolute Gasteiger partial charge is 0.465 e. The molecular formula is C15H10ClNO2S2. The Morgan fingerprint density at radius 3 is 2.76 bits per heavy atom. The number of carbonyl (C=O) groups excluding carboxylic acids is 1. The van der Waals surface area contributed by atoms with Crippen molar-refractivity contribution in [3.63, 3.8) is 0 Å². The Labute approximate surface area is 134 Å². The fourth-order valence-corrected chi connectivity index (χ4v) is 4.23. The third kappa shape index (κ3) is 3.05. The second-order valence-corrected chi connectivity index (χ2v) is 6.88. The number of methoxy groups -OCH3 is 1. The van der Waals surface area contributed by atoms with Crippen molar-refractivity contribution in [3.05, 3.63) is 52.5 Å². The molecule has 0 saturated carbocycles. The zero-order chi connectivity index (χ0) is 14.8. The average molecular weight is 336 g/mol. The van der Waals surface area contributed by atoms with E-state index in [1.807, 2.05) is 18.2 Å². The van der Waals surface area contributed by atoms with E-state index in [1.54, 1.807) is 0 Å². The van der Waals surface area contributed by atoms with Gasteiger partial charge in [-0.1, -0.05) is 65.0 Å². The molecule has 6 heteroatoms. The highest BCUT2D eigenvalue weighted by Crippen LogP contribution is 2.36. The van der Waals surface area contributed by atoms with Crippen LogP contribution in [-0.4, -0.2) is 18.1 Å². The van der Waals surface area contributed by atoms with Crippen molar-refractivity contribution in [3.8, 4) is 0 Å². The highest BCUT2D eigenvalue weighted by molar-refractivity contribution is 8.01. The number of fused-ring (bicyclic) bond motifs is 1. The molecule has 0 N–H and O–H groups in total. The zero-order valence-electron chi connectivity index (χ0n) is 11.0. The van der Waals surface area contributed by atoms with Crippen LogP contribution in [0.3, 0.4) is 0 Å². The van der Waals surface area contributed by atoms with Gasteiger partial charge in [0.05, 0.1) is 7.11 Å². The number of rotatable bonds is 3. The number of benzene rings is 2. The molecule has 0 saturated heterocycles. The third-order valence-electron chi connectivity index (χ3n) is 2.86. The van der Waals surface area contributed by atoms with Crippen LogP contribution in [0.5, 0.6) is 0 Å². The Balaban J connectivity index is 1.89. The van der Waals surface area contributed by atoms with Crippen molar-refractivity contribution in [1.82, 2.24) is 4.98 Å². The maximum atomic E-state index is 11.5. The van der Waals surface area contributed by atoms with E-state index in [0.717, 1.165) is 9.24 Å². The Bertz CT molecular complexity index is 816. The number of hydrogen-bond acceptors (Lipinski definition) is 5. The summed E-state index contributed by atoms with van der Waals surface area (Å²) in [5.41, 5.74) is 0. The van der Waals surface area contributed by atoms with Gasteiger partial charge in [0.25, 0.3) is 0 Å². The number of thiazole rings is 1. The van der Waals surface area contributed by atoms with Gasteiger partial charge in [0.2, 0.25) is 0 Å². The number of carbonyl (C=O) groups is 1. The van der Waals surface area contributed by atoms with E-state index in [1.165, 1.54) is 41.0 Å². The molecule has 0 fully saturated rings. The summed E-state index contributed by atoms with van der Waals surface area (Å²) in [4.78, 5) is 17.1. The summed E-state index contributed by atoms with van der Waals surface area (Å²) in [5.74, 6) is -0.456. The molecule has 0 aliphatic rings. The zero-order valence-corrected chi connectivity index (χ0v) is 13.4. The predicted octanol–water partition coefficient (Wildman–Crippen LogP) is 4.89. The maximum absolute atomic E-state index is 11.5. The highest BCUT2D eigenvalue weighted by Gasteiger charge is 2.17. The number of hydrogen-bond donors (Lipinski definition) is 0. The standard InChI is InChI=1S/C15H10ClNO2S2/c1-19-14(18)12-13(16)17-15(21-12)20-11-7-6-9-4-2-3-5-10(9)8-11/h2-8H,1H3. The van der Waals surface area contributed by atoms with Gasteiger partial charge in [-0.3, -0.25) is 0 Å². The van der Waals surface area contributed by atoms with Crippen molar-refractivity contribution >= 4 is 51.4 Å². The topological polar surface area (TPSA) is 39.2 Å². The molecule has 0 aliphatic carbocycles. The first-order valence-corrected chi connectivity index (χ1v) is 8.10. The molecule has 0 amide bonds. The lowest BCUT2D eigenvalue weighted by Gasteiger charge is -2.01. The van der Waals surface area contributed by atoms with Gasteiger partial charge in [-0.2, -0.15) is 0 Å². The number of nitrogens with zero attached hydrogens (tertiary/aromatic N) is 1. The molecular weight excluding hydrogens is 326 g/mol. The van der Waals surface area contributed by atoms with Crippen molar-refractivity contribution < 1.29 is 9.53 Å². The maximum Gasteiger partial charge on any atom is 0.351 e. The fourth-order valence-electron chi connectivity index (χ4n) is 1.88. The van der Waals surface area contributed by atoms with Crippen LogP contribution in [-0.2, 0) is 4.74 Å². The summed E-state index contributed by atoms with van der Waals surface area (Å²) in [5, 5.41) is 2.54. The first-order chi connectivity index (χ1) is 10.2. The Kier molecular flexibility index (Phi) is 4.14. The van der Waals surface area contributed by atoms with Gasteiger partial charge >= 0.3 is 5.97 Å². The summed E-state index contributed by atoms with van der Waals surface area (Å²) in [6.45, 7) is 0. The van der Waals surface area contributed by atoms with Gasteiger partial charge < -0.3 is 4.74 Å². The van der Waals surface area contributed by atoms with E-state index in [4.69, 9.17) is 11.6 Å².